The molecule has 1 aromatic carbocycles. The number of benzene rings is 1. The molecule has 0 radical (unpaired) electrons. The molecule has 6 nitrogen and oxygen atoms in total. The first kappa shape index (κ1) is 21.0. The molecule has 0 aliphatic rings. The van der Waals surface area contributed by atoms with Gasteiger partial charge in [-0.25, -0.2) is 4.79 Å². The van der Waals surface area contributed by atoms with E-state index in [0.29, 0.717) is 25.9 Å². The van der Waals surface area contributed by atoms with Gasteiger partial charge in [0.1, 0.15) is 5.60 Å². The number of hydrogen-bond acceptors (Lipinski definition) is 4. The summed E-state index contributed by atoms with van der Waals surface area (Å²) in [6, 6.07) is 7.66. The molecule has 1 rings (SSSR count). The number of amides is 2. The predicted octanol–water partition coefficient (Wildman–Crippen LogP) is 2.74. The van der Waals surface area contributed by atoms with Gasteiger partial charge in [-0.05, 0) is 24.5 Å². The van der Waals surface area contributed by atoms with Crippen LogP contribution in [0.15, 0.2) is 24.3 Å². The quantitative estimate of drug-likeness (QED) is 0.639. The van der Waals surface area contributed by atoms with E-state index in [1.54, 1.807) is 6.92 Å². The van der Waals surface area contributed by atoms with Gasteiger partial charge in [-0.2, -0.15) is 0 Å². The van der Waals surface area contributed by atoms with Gasteiger partial charge < -0.3 is 20.5 Å². The standard InChI is InChI=1S/C19H30N2O4/c1-5-19(4,9-10-22)25-18(24)21-13-16-8-6-7-15(11-16)12-20-17(23)14(2)3/h6-8,11,14,22H,5,9-10,12-13H2,1-4H3,(H,20,23)(H,21,24). The van der Waals surface area contributed by atoms with Crippen LogP contribution in [0.5, 0.6) is 0 Å². The van der Waals surface area contributed by atoms with Gasteiger partial charge in [0.25, 0.3) is 0 Å². The van der Waals surface area contributed by atoms with Crippen LogP contribution in [0.4, 0.5) is 4.79 Å². The van der Waals surface area contributed by atoms with E-state index < -0.39 is 11.7 Å². The predicted molar refractivity (Wildman–Crippen MR) is 96.8 cm³/mol. The highest BCUT2D eigenvalue weighted by atomic mass is 16.6. The van der Waals surface area contributed by atoms with Crippen molar-refractivity contribution in [3.63, 3.8) is 0 Å². The van der Waals surface area contributed by atoms with Gasteiger partial charge >= 0.3 is 6.09 Å². The van der Waals surface area contributed by atoms with Gasteiger partial charge in [0.05, 0.1) is 0 Å². The van der Waals surface area contributed by atoms with E-state index in [0.717, 1.165) is 11.1 Å². The average molecular weight is 350 g/mol. The van der Waals surface area contributed by atoms with Gasteiger partial charge in [-0.3, -0.25) is 4.79 Å². The third-order valence-corrected chi connectivity index (χ3v) is 4.15. The molecule has 1 atom stereocenters. The van der Waals surface area contributed by atoms with Crippen LogP contribution in [-0.2, 0) is 22.6 Å². The zero-order chi connectivity index (χ0) is 18.9. The smallest absolute Gasteiger partial charge is 0.407 e. The van der Waals surface area contributed by atoms with Gasteiger partial charge in [-0.1, -0.05) is 45.0 Å². The lowest BCUT2D eigenvalue weighted by Gasteiger charge is -2.27. The van der Waals surface area contributed by atoms with Crippen LogP contribution in [0, 0.1) is 5.92 Å². The van der Waals surface area contributed by atoms with Crippen LogP contribution < -0.4 is 10.6 Å². The summed E-state index contributed by atoms with van der Waals surface area (Å²) in [5, 5.41) is 14.7. The monoisotopic (exact) mass is 350 g/mol. The zero-order valence-electron chi connectivity index (χ0n) is 15.6. The number of rotatable bonds is 9. The summed E-state index contributed by atoms with van der Waals surface area (Å²) in [4.78, 5) is 23.6. The number of ether oxygens (including phenoxy) is 1. The van der Waals surface area contributed by atoms with Crippen molar-refractivity contribution in [1.29, 1.82) is 0 Å². The Morgan fingerprint density at radius 2 is 1.80 bits per heavy atom. The molecular weight excluding hydrogens is 320 g/mol. The molecule has 6 heteroatoms. The molecule has 1 aromatic rings. The van der Waals surface area contributed by atoms with Crippen molar-refractivity contribution in [3.05, 3.63) is 35.4 Å². The lowest BCUT2D eigenvalue weighted by Crippen LogP contribution is -2.37. The van der Waals surface area contributed by atoms with Crippen molar-refractivity contribution < 1.29 is 19.4 Å². The topological polar surface area (TPSA) is 87.7 Å². The molecule has 25 heavy (non-hydrogen) atoms. The zero-order valence-corrected chi connectivity index (χ0v) is 15.6. The lowest BCUT2D eigenvalue weighted by atomic mass is 10.00. The normalized spacial score (nSPS) is 13.2. The Balaban J connectivity index is 2.53. The van der Waals surface area contributed by atoms with Gasteiger partial charge in [0.2, 0.25) is 5.91 Å². The third-order valence-electron chi connectivity index (χ3n) is 4.15. The van der Waals surface area contributed by atoms with Crippen molar-refractivity contribution in [2.24, 2.45) is 5.92 Å². The summed E-state index contributed by atoms with van der Waals surface area (Å²) in [5.74, 6) is -0.0405. The summed E-state index contributed by atoms with van der Waals surface area (Å²) in [6.07, 6.45) is 0.532. The molecule has 0 bridgehead atoms. The first-order valence-electron chi connectivity index (χ1n) is 8.73. The van der Waals surface area contributed by atoms with E-state index in [1.807, 2.05) is 45.0 Å². The highest BCUT2D eigenvalue weighted by molar-refractivity contribution is 5.77. The third kappa shape index (κ3) is 7.56. The lowest BCUT2D eigenvalue weighted by molar-refractivity contribution is -0.124. The van der Waals surface area contributed by atoms with Crippen molar-refractivity contribution in [1.82, 2.24) is 10.6 Å². The second-order valence-corrected chi connectivity index (χ2v) is 6.71. The Labute approximate surface area is 150 Å². The van der Waals surface area contributed by atoms with Crippen LogP contribution >= 0.6 is 0 Å². The number of aliphatic hydroxyl groups excluding tert-OH is 1. The summed E-state index contributed by atoms with van der Waals surface area (Å²) in [6.45, 7) is 8.19. The maximum Gasteiger partial charge on any atom is 0.407 e. The van der Waals surface area contributed by atoms with E-state index in [9.17, 15) is 9.59 Å². The van der Waals surface area contributed by atoms with E-state index in [2.05, 4.69) is 10.6 Å². The molecule has 0 saturated carbocycles. The molecule has 0 spiro atoms. The number of hydrogen-bond donors (Lipinski definition) is 3. The average Bonchev–Trinajstić information content (AvgIpc) is 2.58. The van der Waals surface area contributed by atoms with Crippen LogP contribution in [-0.4, -0.2) is 29.3 Å². The molecule has 0 aliphatic heterocycles. The maximum atomic E-state index is 12.0. The Bertz CT molecular complexity index is 574. The van der Waals surface area contributed by atoms with Crippen LogP contribution in [0.25, 0.3) is 0 Å². The Kier molecular flexibility index (Phi) is 8.41. The largest absolute Gasteiger partial charge is 0.443 e. The van der Waals surface area contributed by atoms with E-state index in [-0.39, 0.29) is 18.4 Å². The molecule has 0 heterocycles. The molecular formula is C19H30N2O4. The number of alkyl carbamates (subject to hydrolysis) is 1. The molecule has 140 valence electrons. The molecule has 2 amide bonds. The molecule has 0 aromatic heterocycles. The van der Waals surface area contributed by atoms with Gasteiger partial charge in [-0.15, -0.1) is 0 Å². The second kappa shape index (κ2) is 10.0. The van der Waals surface area contributed by atoms with Crippen molar-refractivity contribution in [3.8, 4) is 0 Å². The van der Waals surface area contributed by atoms with E-state index in [1.165, 1.54) is 0 Å². The summed E-state index contributed by atoms with van der Waals surface area (Å²) in [7, 11) is 0. The van der Waals surface area contributed by atoms with Crippen LogP contribution in [0.3, 0.4) is 0 Å². The fourth-order valence-corrected chi connectivity index (χ4v) is 2.21. The van der Waals surface area contributed by atoms with Gasteiger partial charge in [0.15, 0.2) is 0 Å². The van der Waals surface area contributed by atoms with Crippen molar-refractivity contribution in [2.75, 3.05) is 6.61 Å². The summed E-state index contributed by atoms with van der Waals surface area (Å²) >= 11 is 0. The minimum Gasteiger partial charge on any atom is -0.443 e. The number of nitrogens with one attached hydrogen (secondary N) is 2. The summed E-state index contributed by atoms with van der Waals surface area (Å²) in [5.41, 5.74) is 1.23. The molecule has 0 saturated heterocycles. The minimum atomic E-state index is -0.665. The maximum absolute atomic E-state index is 12.0. The molecule has 1 unspecified atom stereocenters. The SMILES string of the molecule is CCC(C)(CCO)OC(=O)NCc1cccc(CNC(=O)C(C)C)c1. The summed E-state index contributed by atoms with van der Waals surface area (Å²) < 4.78 is 5.42. The second-order valence-electron chi connectivity index (χ2n) is 6.71. The van der Waals surface area contributed by atoms with E-state index >= 15 is 0 Å². The van der Waals surface area contributed by atoms with Crippen LogP contribution in [0.2, 0.25) is 0 Å². The van der Waals surface area contributed by atoms with Gasteiger partial charge in [0, 0.05) is 32.0 Å². The number of carbonyl (C=O) groups excluding carboxylic acids is 2. The van der Waals surface area contributed by atoms with Crippen LogP contribution in [0.1, 0.15) is 51.7 Å². The fourth-order valence-electron chi connectivity index (χ4n) is 2.21. The highest BCUT2D eigenvalue weighted by Crippen LogP contribution is 2.19. The first-order valence-corrected chi connectivity index (χ1v) is 8.73. The molecule has 3 N–H and O–H groups in total. The highest BCUT2D eigenvalue weighted by Gasteiger charge is 2.26. The Hall–Kier alpha value is -2.08. The molecule has 0 aliphatic carbocycles. The minimum absolute atomic E-state index is 0.00911. The fraction of sp³-hybridized carbons (Fsp3) is 0.579. The first-order chi connectivity index (χ1) is 11.8. The van der Waals surface area contributed by atoms with E-state index in [4.69, 9.17) is 9.84 Å². The van der Waals surface area contributed by atoms with Crippen molar-refractivity contribution in [2.45, 2.75) is 59.2 Å². The van der Waals surface area contributed by atoms with Crippen molar-refractivity contribution >= 4 is 12.0 Å². The Morgan fingerprint density at radius 1 is 1.20 bits per heavy atom. The Morgan fingerprint density at radius 3 is 2.32 bits per heavy atom. The number of aliphatic hydroxyl groups is 1. The number of carbonyl (C=O) groups is 2. The molecule has 0 fully saturated rings.